The Hall–Kier alpha value is -1.61. The second-order valence-electron chi connectivity index (χ2n) is 4.97. The van der Waals surface area contributed by atoms with Crippen molar-refractivity contribution in [3.05, 3.63) is 47.5 Å². The molecule has 0 aromatic heterocycles. The molecule has 1 saturated heterocycles. The van der Waals surface area contributed by atoms with E-state index in [9.17, 15) is 4.79 Å². The zero-order valence-corrected chi connectivity index (χ0v) is 11.6. The predicted molar refractivity (Wildman–Crippen MR) is 75.7 cm³/mol. The van der Waals surface area contributed by atoms with E-state index in [1.165, 1.54) is 0 Å². The number of hydrogen-bond acceptors (Lipinski definition) is 3. The van der Waals surface area contributed by atoms with Crippen LogP contribution in [0.2, 0.25) is 0 Å². The summed E-state index contributed by atoms with van der Waals surface area (Å²) in [6.07, 6.45) is 3.43. The highest BCUT2D eigenvalue weighted by atomic mass is 16.6. The quantitative estimate of drug-likeness (QED) is 0.670. The molecule has 0 unspecified atom stereocenters. The first kappa shape index (κ1) is 13.8. The van der Waals surface area contributed by atoms with Crippen LogP contribution in [0.3, 0.4) is 0 Å². The van der Waals surface area contributed by atoms with Gasteiger partial charge in [0.05, 0.1) is 0 Å². The SMILES string of the molecule is C/C=C(\C)C(=O)OC1(c2ccccc2)CCNCC1. The molecule has 0 radical (unpaired) electrons. The average Bonchev–Trinajstić information content (AvgIpc) is 2.48. The summed E-state index contributed by atoms with van der Waals surface area (Å²) in [6, 6.07) is 10.1. The molecule has 0 aliphatic carbocycles. The Kier molecular flexibility index (Phi) is 4.38. The molecule has 102 valence electrons. The van der Waals surface area contributed by atoms with Crippen LogP contribution in [-0.2, 0) is 15.1 Å². The molecular formula is C16H21NO2. The van der Waals surface area contributed by atoms with E-state index in [-0.39, 0.29) is 5.97 Å². The maximum Gasteiger partial charge on any atom is 0.334 e. The number of allylic oxidation sites excluding steroid dienone is 1. The Morgan fingerprint density at radius 1 is 1.26 bits per heavy atom. The molecule has 0 atom stereocenters. The molecule has 0 spiro atoms. The monoisotopic (exact) mass is 259 g/mol. The van der Waals surface area contributed by atoms with Crippen LogP contribution in [0.5, 0.6) is 0 Å². The van der Waals surface area contributed by atoms with Crippen LogP contribution in [0, 0.1) is 0 Å². The zero-order chi connectivity index (χ0) is 13.7. The summed E-state index contributed by atoms with van der Waals surface area (Å²) in [5.41, 5.74) is 1.27. The fourth-order valence-electron chi connectivity index (χ4n) is 2.40. The summed E-state index contributed by atoms with van der Waals surface area (Å²) in [5.74, 6) is -0.215. The number of piperidine rings is 1. The maximum atomic E-state index is 12.1. The van der Waals surface area contributed by atoms with Gasteiger partial charge in [0, 0.05) is 18.4 Å². The number of benzene rings is 1. The van der Waals surface area contributed by atoms with Crippen molar-refractivity contribution in [1.82, 2.24) is 5.32 Å². The molecule has 1 N–H and O–H groups in total. The van der Waals surface area contributed by atoms with Crippen molar-refractivity contribution >= 4 is 5.97 Å². The first-order valence-corrected chi connectivity index (χ1v) is 6.80. The largest absolute Gasteiger partial charge is 0.451 e. The van der Waals surface area contributed by atoms with E-state index >= 15 is 0 Å². The van der Waals surface area contributed by atoms with Crippen LogP contribution in [0.25, 0.3) is 0 Å². The van der Waals surface area contributed by atoms with Crippen LogP contribution in [-0.4, -0.2) is 19.1 Å². The Bertz CT molecular complexity index is 459. The second-order valence-corrected chi connectivity index (χ2v) is 4.97. The van der Waals surface area contributed by atoms with Gasteiger partial charge in [-0.25, -0.2) is 4.79 Å². The second kappa shape index (κ2) is 6.02. The molecule has 0 saturated carbocycles. The lowest BCUT2D eigenvalue weighted by molar-refractivity contribution is -0.159. The van der Waals surface area contributed by atoms with Crippen LogP contribution >= 0.6 is 0 Å². The molecule has 0 bridgehead atoms. The number of ether oxygens (including phenoxy) is 1. The summed E-state index contributed by atoms with van der Waals surface area (Å²) in [6.45, 7) is 5.39. The lowest BCUT2D eigenvalue weighted by atomic mass is 9.84. The molecule has 2 rings (SSSR count). The minimum absolute atomic E-state index is 0.215. The number of esters is 1. The molecule has 1 aromatic rings. The van der Waals surface area contributed by atoms with Gasteiger partial charge in [-0.1, -0.05) is 36.4 Å². The Morgan fingerprint density at radius 3 is 2.47 bits per heavy atom. The van der Waals surface area contributed by atoms with Gasteiger partial charge in [0.15, 0.2) is 0 Å². The lowest BCUT2D eigenvalue weighted by Gasteiger charge is -2.37. The van der Waals surface area contributed by atoms with Crippen molar-refractivity contribution in [1.29, 1.82) is 0 Å². The highest BCUT2D eigenvalue weighted by Gasteiger charge is 2.37. The number of carbonyl (C=O) groups excluding carboxylic acids is 1. The molecule has 1 aromatic carbocycles. The van der Waals surface area contributed by atoms with Gasteiger partial charge in [0.2, 0.25) is 0 Å². The van der Waals surface area contributed by atoms with Crippen molar-refractivity contribution in [2.75, 3.05) is 13.1 Å². The first-order chi connectivity index (χ1) is 9.18. The standard InChI is InChI=1S/C16H21NO2/c1-3-13(2)15(18)19-16(9-11-17-12-10-16)14-7-5-4-6-8-14/h3-8,17H,9-12H2,1-2H3/b13-3+. The van der Waals surface area contributed by atoms with Gasteiger partial charge in [0.25, 0.3) is 0 Å². The number of nitrogens with one attached hydrogen (secondary N) is 1. The van der Waals surface area contributed by atoms with E-state index in [0.717, 1.165) is 31.5 Å². The van der Waals surface area contributed by atoms with E-state index < -0.39 is 5.60 Å². The number of carbonyl (C=O) groups is 1. The fraction of sp³-hybridized carbons (Fsp3) is 0.438. The summed E-state index contributed by atoms with van der Waals surface area (Å²) in [7, 11) is 0. The molecule has 1 fully saturated rings. The summed E-state index contributed by atoms with van der Waals surface area (Å²) in [5, 5.41) is 3.32. The normalized spacial score (nSPS) is 18.9. The van der Waals surface area contributed by atoms with Gasteiger partial charge in [-0.15, -0.1) is 0 Å². The van der Waals surface area contributed by atoms with Crippen molar-refractivity contribution < 1.29 is 9.53 Å². The smallest absolute Gasteiger partial charge is 0.334 e. The van der Waals surface area contributed by atoms with Gasteiger partial charge in [0.1, 0.15) is 5.60 Å². The molecule has 1 aliphatic heterocycles. The molecular weight excluding hydrogens is 238 g/mol. The third-order valence-electron chi connectivity index (χ3n) is 3.75. The third kappa shape index (κ3) is 3.04. The molecule has 0 amide bonds. The van der Waals surface area contributed by atoms with E-state index in [0.29, 0.717) is 5.57 Å². The Labute approximate surface area is 114 Å². The molecule has 1 aliphatic rings. The number of rotatable bonds is 3. The Morgan fingerprint density at radius 2 is 1.89 bits per heavy atom. The minimum Gasteiger partial charge on any atom is -0.451 e. The van der Waals surface area contributed by atoms with E-state index in [1.54, 1.807) is 13.0 Å². The van der Waals surface area contributed by atoms with Gasteiger partial charge in [-0.05, 0) is 32.5 Å². The molecule has 3 nitrogen and oxygen atoms in total. The van der Waals surface area contributed by atoms with Crippen molar-refractivity contribution in [2.45, 2.75) is 32.3 Å². The topological polar surface area (TPSA) is 38.3 Å². The van der Waals surface area contributed by atoms with E-state index in [2.05, 4.69) is 5.32 Å². The Balaban J connectivity index is 2.28. The molecule has 1 heterocycles. The van der Waals surface area contributed by atoms with Crippen molar-refractivity contribution in [3.8, 4) is 0 Å². The molecule has 3 heteroatoms. The van der Waals surface area contributed by atoms with E-state index in [4.69, 9.17) is 4.74 Å². The van der Waals surface area contributed by atoms with Crippen LogP contribution in [0.15, 0.2) is 42.0 Å². The summed E-state index contributed by atoms with van der Waals surface area (Å²) >= 11 is 0. The molecule has 19 heavy (non-hydrogen) atoms. The van der Waals surface area contributed by atoms with Gasteiger partial charge in [-0.3, -0.25) is 0 Å². The summed E-state index contributed by atoms with van der Waals surface area (Å²) in [4.78, 5) is 12.1. The highest BCUT2D eigenvalue weighted by molar-refractivity contribution is 5.88. The summed E-state index contributed by atoms with van der Waals surface area (Å²) < 4.78 is 5.87. The van der Waals surface area contributed by atoms with Gasteiger partial charge >= 0.3 is 5.97 Å². The number of hydrogen-bond donors (Lipinski definition) is 1. The van der Waals surface area contributed by atoms with E-state index in [1.807, 2.05) is 37.3 Å². The average molecular weight is 259 g/mol. The fourth-order valence-corrected chi connectivity index (χ4v) is 2.40. The van der Waals surface area contributed by atoms with Gasteiger partial charge in [-0.2, -0.15) is 0 Å². The van der Waals surface area contributed by atoms with Crippen LogP contribution in [0.1, 0.15) is 32.3 Å². The van der Waals surface area contributed by atoms with Crippen molar-refractivity contribution in [2.24, 2.45) is 0 Å². The van der Waals surface area contributed by atoms with Gasteiger partial charge < -0.3 is 10.1 Å². The van der Waals surface area contributed by atoms with Crippen molar-refractivity contribution in [3.63, 3.8) is 0 Å². The third-order valence-corrected chi connectivity index (χ3v) is 3.75. The lowest BCUT2D eigenvalue weighted by Crippen LogP contribution is -2.43. The minimum atomic E-state index is -0.478. The van der Waals surface area contributed by atoms with Crippen LogP contribution in [0.4, 0.5) is 0 Å². The van der Waals surface area contributed by atoms with Crippen LogP contribution < -0.4 is 5.32 Å². The zero-order valence-electron chi connectivity index (χ0n) is 11.6. The first-order valence-electron chi connectivity index (χ1n) is 6.80. The predicted octanol–water partition coefficient (Wildman–Crippen LogP) is 2.77. The maximum absolute atomic E-state index is 12.1. The highest BCUT2D eigenvalue weighted by Crippen LogP contribution is 2.35.